The monoisotopic (exact) mass is 459 g/mol. The largest absolute Gasteiger partial charge is 0.411 e. The third kappa shape index (κ3) is 8.18. The van der Waals surface area contributed by atoms with E-state index in [1.807, 2.05) is 17.9 Å². The van der Waals surface area contributed by atoms with Crippen molar-refractivity contribution in [3.63, 3.8) is 0 Å². The van der Waals surface area contributed by atoms with Crippen LogP contribution in [0.15, 0.2) is 5.16 Å². The van der Waals surface area contributed by atoms with Crippen molar-refractivity contribution in [2.45, 2.75) is 52.7 Å². The van der Waals surface area contributed by atoms with E-state index in [-0.39, 0.29) is 23.8 Å². The Morgan fingerprint density at radius 1 is 1.52 bits per heavy atom. The molecule has 1 aliphatic heterocycles. The summed E-state index contributed by atoms with van der Waals surface area (Å²) in [5.74, 6) is 0.0861. The van der Waals surface area contributed by atoms with Crippen molar-refractivity contribution in [3.8, 4) is 0 Å². The topological polar surface area (TPSA) is 92.6 Å². The molecule has 1 atom stereocenters. The quantitative estimate of drug-likeness (QED) is 0.0966. The lowest BCUT2D eigenvalue weighted by atomic mass is 9.97. The number of nitrogens with zero attached hydrogens (tertiary/aromatic N) is 2. The first-order chi connectivity index (χ1) is 12.5. The van der Waals surface area contributed by atoms with Crippen LogP contribution < -0.4 is 5.32 Å². The maximum atomic E-state index is 12.2. The molecule has 0 aromatic rings. The second-order valence-electron chi connectivity index (χ2n) is 7.43. The van der Waals surface area contributed by atoms with E-state index in [1.165, 1.54) is 18.2 Å². The Morgan fingerprint density at radius 2 is 2.11 bits per heavy atom. The van der Waals surface area contributed by atoms with Crippen LogP contribution in [0.2, 0.25) is 0 Å². The van der Waals surface area contributed by atoms with E-state index < -0.39 is 12.2 Å². The zero-order chi connectivity index (χ0) is 20.7. The van der Waals surface area contributed by atoms with E-state index in [2.05, 4.69) is 24.3 Å². The lowest BCUT2D eigenvalue weighted by Crippen LogP contribution is -2.38. The molecule has 0 bridgehead atoms. The van der Waals surface area contributed by atoms with Crippen molar-refractivity contribution in [3.05, 3.63) is 0 Å². The number of nitrogens with one attached hydrogen (secondary N) is 1. The van der Waals surface area contributed by atoms with Gasteiger partial charge in [0.1, 0.15) is 5.60 Å². The van der Waals surface area contributed by atoms with E-state index in [0.717, 1.165) is 12.0 Å². The average Bonchev–Trinajstić information content (AvgIpc) is 2.54. The van der Waals surface area contributed by atoms with Crippen molar-refractivity contribution in [2.75, 3.05) is 25.3 Å². The van der Waals surface area contributed by atoms with Crippen molar-refractivity contribution in [1.82, 2.24) is 9.39 Å². The third-order valence-electron chi connectivity index (χ3n) is 3.50. The second-order valence-corrected chi connectivity index (χ2v) is 12.4. The first-order valence-electron chi connectivity index (χ1n) is 8.46. The second kappa shape index (κ2) is 10.8. The summed E-state index contributed by atoms with van der Waals surface area (Å²) in [6.45, 7) is 8.34. The predicted octanol–water partition coefficient (Wildman–Crippen LogP) is 3.62. The molecule has 1 rings (SSSR count). The molecule has 0 radical (unpaired) electrons. The molecule has 1 heterocycles. The molecule has 1 aliphatic rings. The Hall–Kier alpha value is 0.130. The lowest BCUT2D eigenvalue weighted by Gasteiger charge is -2.42. The molecular weight excluding hydrogens is 429 g/mol. The van der Waals surface area contributed by atoms with Gasteiger partial charge in [-0.15, -0.1) is 0 Å². The van der Waals surface area contributed by atoms with E-state index in [0.29, 0.717) is 19.1 Å². The summed E-state index contributed by atoms with van der Waals surface area (Å²) in [5.41, 5.74) is -1.05. The summed E-state index contributed by atoms with van der Waals surface area (Å²) in [6, 6.07) is 0.0885. The molecule has 0 saturated carbocycles. The van der Waals surface area contributed by atoms with Gasteiger partial charge < -0.3 is 23.8 Å². The first-order valence-corrected chi connectivity index (χ1v) is 13.1. The van der Waals surface area contributed by atoms with Crippen molar-refractivity contribution in [1.29, 1.82) is 0 Å². The van der Waals surface area contributed by atoms with Crippen LogP contribution in [0.1, 0.15) is 41.0 Å². The van der Waals surface area contributed by atoms with Gasteiger partial charge in [-0.25, -0.2) is 0 Å². The van der Waals surface area contributed by atoms with E-state index >= 15 is 0 Å². The van der Waals surface area contributed by atoms with Gasteiger partial charge in [-0.3, -0.25) is 4.79 Å². The summed E-state index contributed by atoms with van der Waals surface area (Å²) in [5, 5.41) is 14.6. The third-order valence-corrected chi connectivity index (χ3v) is 9.33. The molecule has 0 aromatic carbocycles. The SMILES string of the molecule is CSOC(C)(C=NO)CC(=O)NCSN(C(C)C)P1(=S)OCC(C)(C)CO1. The van der Waals surface area contributed by atoms with Gasteiger partial charge >= 0.3 is 0 Å². The zero-order valence-corrected chi connectivity index (χ0v) is 20.0. The predicted molar refractivity (Wildman–Crippen MR) is 115 cm³/mol. The van der Waals surface area contributed by atoms with Crippen LogP contribution in [0.4, 0.5) is 0 Å². The van der Waals surface area contributed by atoms with Gasteiger partial charge in [0.25, 0.3) is 6.64 Å². The molecule has 0 spiro atoms. The summed E-state index contributed by atoms with van der Waals surface area (Å²) < 4.78 is 19.2. The highest BCUT2D eigenvalue weighted by molar-refractivity contribution is 8.15. The molecular formula is C15H30N3O5PS3. The number of rotatable bonds is 10. The van der Waals surface area contributed by atoms with Gasteiger partial charge in [0.15, 0.2) is 0 Å². The minimum absolute atomic E-state index is 0.0233. The van der Waals surface area contributed by atoms with Crippen LogP contribution in [0.3, 0.4) is 0 Å². The zero-order valence-electron chi connectivity index (χ0n) is 16.6. The number of carbonyl (C=O) groups excluding carboxylic acids is 1. The number of oxime groups is 1. The Bertz CT molecular complexity index is 565. The molecule has 1 amide bonds. The van der Waals surface area contributed by atoms with Crippen molar-refractivity contribution < 1.29 is 23.2 Å². The normalized spacial score (nSPS) is 21.5. The first kappa shape index (κ1) is 25.2. The maximum Gasteiger partial charge on any atom is 0.274 e. The van der Waals surface area contributed by atoms with Crippen LogP contribution in [0, 0.1) is 5.41 Å². The minimum Gasteiger partial charge on any atom is -0.411 e. The number of hydrogen-bond acceptors (Lipinski definition) is 9. The molecule has 0 aromatic heterocycles. The summed E-state index contributed by atoms with van der Waals surface area (Å²) in [6.07, 6.45) is 2.96. The van der Waals surface area contributed by atoms with Gasteiger partial charge in [0.05, 0.1) is 31.7 Å². The van der Waals surface area contributed by atoms with Crippen LogP contribution in [-0.2, 0) is 29.8 Å². The Morgan fingerprint density at radius 3 is 2.59 bits per heavy atom. The summed E-state index contributed by atoms with van der Waals surface area (Å²) in [4.78, 5) is 12.2. The maximum absolute atomic E-state index is 12.2. The standard InChI is InChI=1S/C15H30N3O5PS3/c1-12(2)18(24(25)21-9-14(3,4)10-22-24)27-11-16-13(19)7-15(5,8-17-20)23-26-6/h8,12,20H,7,9-11H2,1-6H3,(H,16,19). The lowest BCUT2D eigenvalue weighted by molar-refractivity contribution is -0.122. The van der Waals surface area contributed by atoms with Gasteiger partial charge in [-0.1, -0.05) is 19.0 Å². The van der Waals surface area contributed by atoms with E-state index in [1.54, 1.807) is 13.2 Å². The smallest absolute Gasteiger partial charge is 0.274 e. The molecule has 0 aliphatic carbocycles. The van der Waals surface area contributed by atoms with Gasteiger partial charge in [0, 0.05) is 17.7 Å². The highest BCUT2D eigenvalue weighted by Gasteiger charge is 2.39. The van der Waals surface area contributed by atoms with Crippen LogP contribution in [0.5, 0.6) is 0 Å². The number of carbonyl (C=O) groups is 1. The minimum atomic E-state index is -2.59. The molecule has 27 heavy (non-hydrogen) atoms. The highest BCUT2D eigenvalue weighted by atomic mass is 32.5. The van der Waals surface area contributed by atoms with Crippen molar-refractivity contribution in [2.24, 2.45) is 10.6 Å². The fraction of sp³-hybridized carbons (Fsp3) is 0.867. The molecule has 1 unspecified atom stereocenters. The number of hydrogen-bond donors (Lipinski definition) is 2. The molecule has 1 fully saturated rings. The molecule has 12 heteroatoms. The van der Waals surface area contributed by atoms with Crippen LogP contribution in [0.25, 0.3) is 0 Å². The Kier molecular flexibility index (Phi) is 10.0. The van der Waals surface area contributed by atoms with Gasteiger partial charge in [-0.05, 0) is 56.6 Å². The van der Waals surface area contributed by atoms with Crippen LogP contribution in [-0.4, -0.2) is 58.4 Å². The summed E-state index contributed by atoms with van der Waals surface area (Å²) in [7, 11) is 0. The Balaban J connectivity index is 2.61. The fourth-order valence-corrected chi connectivity index (χ4v) is 7.54. The van der Waals surface area contributed by atoms with E-state index in [9.17, 15) is 4.79 Å². The highest BCUT2D eigenvalue weighted by Crippen LogP contribution is 2.60. The van der Waals surface area contributed by atoms with Gasteiger partial charge in [-0.2, -0.15) is 4.08 Å². The number of amides is 1. The molecule has 2 N–H and O–H groups in total. The van der Waals surface area contributed by atoms with Gasteiger partial charge in [0.2, 0.25) is 5.91 Å². The Labute approximate surface area is 175 Å². The molecule has 8 nitrogen and oxygen atoms in total. The van der Waals surface area contributed by atoms with Crippen LogP contribution >= 0.6 is 30.6 Å². The molecule has 158 valence electrons. The average molecular weight is 460 g/mol. The molecule has 1 saturated heterocycles. The van der Waals surface area contributed by atoms with E-state index in [4.69, 9.17) is 30.2 Å². The summed E-state index contributed by atoms with van der Waals surface area (Å²) >= 11 is 8.17. The van der Waals surface area contributed by atoms with Crippen molar-refractivity contribution >= 4 is 54.6 Å². The fourth-order valence-electron chi connectivity index (χ4n) is 2.18.